The second-order valence-electron chi connectivity index (χ2n) is 5.25. The van der Waals surface area contributed by atoms with Crippen molar-refractivity contribution in [3.8, 4) is 5.75 Å². The SMILES string of the molecule is CC(C)CCC(C)COP(=O)(O)Oc1ccccc1. The van der Waals surface area contributed by atoms with E-state index in [1.807, 2.05) is 13.0 Å². The molecule has 1 aromatic rings. The second-order valence-corrected chi connectivity index (χ2v) is 6.62. The van der Waals surface area contributed by atoms with Gasteiger partial charge < -0.3 is 4.52 Å². The molecule has 108 valence electrons. The zero-order valence-corrected chi connectivity index (χ0v) is 12.7. The number of hydrogen-bond acceptors (Lipinski definition) is 3. The van der Waals surface area contributed by atoms with Crippen LogP contribution in [-0.4, -0.2) is 11.5 Å². The zero-order valence-electron chi connectivity index (χ0n) is 11.8. The molecule has 0 aliphatic rings. The van der Waals surface area contributed by atoms with Crippen LogP contribution in [-0.2, 0) is 9.09 Å². The predicted octanol–water partition coefficient (Wildman–Crippen LogP) is 4.25. The van der Waals surface area contributed by atoms with Gasteiger partial charge in [0, 0.05) is 0 Å². The highest BCUT2D eigenvalue weighted by molar-refractivity contribution is 7.47. The standard InChI is InChI=1S/C14H23O4P/c1-12(2)9-10-13(3)11-17-19(15,16)18-14-7-5-4-6-8-14/h4-8,12-13H,9-11H2,1-3H3,(H,15,16). The van der Waals surface area contributed by atoms with Gasteiger partial charge in [0.25, 0.3) is 0 Å². The van der Waals surface area contributed by atoms with Gasteiger partial charge in [0.2, 0.25) is 0 Å². The largest absolute Gasteiger partial charge is 0.527 e. The van der Waals surface area contributed by atoms with Gasteiger partial charge in [-0.1, -0.05) is 45.4 Å². The van der Waals surface area contributed by atoms with Gasteiger partial charge in [-0.05, 0) is 30.4 Å². The van der Waals surface area contributed by atoms with Gasteiger partial charge in [-0.15, -0.1) is 0 Å². The molecule has 1 rings (SSSR count). The Labute approximate surface area is 115 Å². The van der Waals surface area contributed by atoms with Crippen molar-refractivity contribution in [1.82, 2.24) is 0 Å². The summed E-state index contributed by atoms with van der Waals surface area (Å²) in [5, 5.41) is 0. The molecule has 2 unspecified atom stereocenters. The van der Waals surface area contributed by atoms with Crippen LogP contribution in [0.25, 0.3) is 0 Å². The summed E-state index contributed by atoms with van der Waals surface area (Å²) < 4.78 is 21.7. The highest BCUT2D eigenvalue weighted by Crippen LogP contribution is 2.44. The fourth-order valence-corrected chi connectivity index (χ4v) is 2.45. The fourth-order valence-electron chi connectivity index (χ4n) is 1.56. The van der Waals surface area contributed by atoms with Crippen LogP contribution in [0.2, 0.25) is 0 Å². The van der Waals surface area contributed by atoms with Crippen molar-refractivity contribution < 1.29 is 18.5 Å². The molecule has 0 aromatic heterocycles. The van der Waals surface area contributed by atoms with Crippen molar-refractivity contribution in [2.75, 3.05) is 6.61 Å². The average Bonchev–Trinajstić information content (AvgIpc) is 2.34. The minimum absolute atomic E-state index is 0.229. The van der Waals surface area contributed by atoms with Crippen molar-refractivity contribution in [1.29, 1.82) is 0 Å². The normalized spacial score (nSPS) is 16.1. The molecule has 0 bridgehead atoms. The summed E-state index contributed by atoms with van der Waals surface area (Å²) in [5.41, 5.74) is 0. The molecule has 0 heterocycles. The minimum atomic E-state index is -4.02. The fraction of sp³-hybridized carbons (Fsp3) is 0.571. The molecule has 1 aromatic carbocycles. The lowest BCUT2D eigenvalue weighted by atomic mass is 10.0. The monoisotopic (exact) mass is 286 g/mol. The van der Waals surface area contributed by atoms with Gasteiger partial charge in [0.15, 0.2) is 0 Å². The summed E-state index contributed by atoms with van der Waals surface area (Å²) in [6.07, 6.45) is 2.06. The topological polar surface area (TPSA) is 55.8 Å². The van der Waals surface area contributed by atoms with Crippen LogP contribution < -0.4 is 4.52 Å². The first kappa shape index (κ1) is 16.2. The Morgan fingerprint density at radius 3 is 2.37 bits per heavy atom. The molecule has 0 radical (unpaired) electrons. The molecule has 5 heteroatoms. The highest BCUT2D eigenvalue weighted by Gasteiger charge is 2.23. The van der Waals surface area contributed by atoms with Gasteiger partial charge in [0.05, 0.1) is 6.61 Å². The van der Waals surface area contributed by atoms with Crippen molar-refractivity contribution in [3.63, 3.8) is 0 Å². The molecule has 0 spiro atoms. The van der Waals surface area contributed by atoms with Crippen molar-refractivity contribution in [2.24, 2.45) is 11.8 Å². The third kappa shape index (κ3) is 7.36. The third-order valence-corrected chi connectivity index (χ3v) is 3.64. The maximum atomic E-state index is 11.7. The van der Waals surface area contributed by atoms with Crippen LogP contribution in [0.5, 0.6) is 5.75 Å². The van der Waals surface area contributed by atoms with Crippen LogP contribution in [0.15, 0.2) is 30.3 Å². The molecule has 0 amide bonds. The molecule has 0 aliphatic carbocycles. The summed E-state index contributed by atoms with van der Waals surface area (Å²) in [4.78, 5) is 9.61. The Balaban J connectivity index is 2.36. The molecule has 4 nitrogen and oxygen atoms in total. The minimum Gasteiger partial charge on any atom is -0.404 e. The van der Waals surface area contributed by atoms with Crippen LogP contribution >= 0.6 is 7.82 Å². The Morgan fingerprint density at radius 1 is 1.16 bits per heavy atom. The van der Waals surface area contributed by atoms with Crippen molar-refractivity contribution in [2.45, 2.75) is 33.6 Å². The maximum Gasteiger partial charge on any atom is 0.527 e. The number of phosphoric ester groups is 1. The van der Waals surface area contributed by atoms with E-state index in [-0.39, 0.29) is 12.5 Å². The van der Waals surface area contributed by atoms with E-state index in [4.69, 9.17) is 9.05 Å². The van der Waals surface area contributed by atoms with E-state index >= 15 is 0 Å². The molecular formula is C14H23O4P. The van der Waals surface area contributed by atoms with Gasteiger partial charge in [0.1, 0.15) is 5.75 Å². The predicted molar refractivity (Wildman–Crippen MR) is 76.1 cm³/mol. The zero-order chi connectivity index (χ0) is 14.3. The van der Waals surface area contributed by atoms with Gasteiger partial charge in [-0.25, -0.2) is 4.57 Å². The Hall–Kier alpha value is -0.830. The summed E-state index contributed by atoms with van der Waals surface area (Å²) >= 11 is 0. The Kier molecular flexibility index (Phi) is 6.56. The van der Waals surface area contributed by atoms with E-state index in [2.05, 4.69) is 13.8 Å². The van der Waals surface area contributed by atoms with Crippen LogP contribution in [0.3, 0.4) is 0 Å². The van der Waals surface area contributed by atoms with E-state index in [9.17, 15) is 9.46 Å². The van der Waals surface area contributed by atoms with Gasteiger partial charge in [-0.3, -0.25) is 9.42 Å². The van der Waals surface area contributed by atoms with E-state index in [1.165, 1.54) is 0 Å². The average molecular weight is 286 g/mol. The van der Waals surface area contributed by atoms with E-state index < -0.39 is 7.82 Å². The lowest BCUT2D eigenvalue weighted by molar-refractivity contribution is 0.172. The Bertz CT molecular complexity index is 405. The molecule has 19 heavy (non-hydrogen) atoms. The van der Waals surface area contributed by atoms with Gasteiger partial charge in [-0.2, -0.15) is 0 Å². The molecular weight excluding hydrogens is 263 g/mol. The van der Waals surface area contributed by atoms with Crippen LogP contribution in [0, 0.1) is 11.8 Å². The summed E-state index contributed by atoms with van der Waals surface area (Å²) in [6, 6.07) is 8.52. The first-order chi connectivity index (χ1) is 8.89. The molecule has 0 saturated heterocycles. The first-order valence-corrected chi connectivity index (χ1v) is 8.10. The number of rotatable bonds is 8. The summed E-state index contributed by atoms with van der Waals surface area (Å²) in [7, 11) is -4.02. The Morgan fingerprint density at radius 2 is 1.79 bits per heavy atom. The molecule has 0 fully saturated rings. The highest BCUT2D eigenvalue weighted by atomic mass is 31.2. The molecule has 0 aliphatic heterocycles. The molecule has 0 saturated carbocycles. The van der Waals surface area contributed by atoms with Crippen molar-refractivity contribution >= 4 is 7.82 Å². The quantitative estimate of drug-likeness (QED) is 0.726. The van der Waals surface area contributed by atoms with Crippen molar-refractivity contribution in [3.05, 3.63) is 30.3 Å². The number of phosphoric acid groups is 1. The summed E-state index contributed by atoms with van der Waals surface area (Å²) in [5.74, 6) is 1.20. The smallest absolute Gasteiger partial charge is 0.404 e. The number of benzene rings is 1. The lowest BCUT2D eigenvalue weighted by Crippen LogP contribution is -2.08. The first-order valence-electron chi connectivity index (χ1n) is 6.61. The summed E-state index contributed by atoms with van der Waals surface area (Å²) in [6.45, 7) is 6.55. The van der Waals surface area contributed by atoms with Crippen LogP contribution in [0.4, 0.5) is 0 Å². The molecule has 2 atom stereocenters. The van der Waals surface area contributed by atoms with Gasteiger partial charge >= 0.3 is 7.82 Å². The molecule has 1 N–H and O–H groups in total. The maximum absolute atomic E-state index is 11.7. The van der Waals surface area contributed by atoms with E-state index in [0.717, 1.165) is 12.8 Å². The number of hydrogen-bond donors (Lipinski definition) is 1. The number of para-hydroxylation sites is 1. The van der Waals surface area contributed by atoms with E-state index in [0.29, 0.717) is 11.7 Å². The lowest BCUT2D eigenvalue weighted by Gasteiger charge is -2.16. The second kappa shape index (κ2) is 7.68. The van der Waals surface area contributed by atoms with E-state index in [1.54, 1.807) is 24.3 Å². The third-order valence-electron chi connectivity index (χ3n) is 2.72. The van der Waals surface area contributed by atoms with Crippen LogP contribution in [0.1, 0.15) is 33.6 Å².